The minimum absolute atomic E-state index is 0.524. The molecule has 0 aliphatic rings. The summed E-state index contributed by atoms with van der Waals surface area (Å²) in [6, 6.07) is 24.9. The fourth-order valence-electron chi connectivity index (χ4n) is 2.91. The van der Waals surface area contributed by atoms with Crippen molar-refractivity contribution in [2.75, 3.05) is 6.61 Å². The van der Waals surface area contributed by atoms with Gasteiger partial charge in [0, 0.05) is 18.7 Å². The van der Waals surface area contributed by atoms with E-state index in [2.05, 4.69) is 66.8 Å². The number of para-hydroxylation sites is 1. The number of ether oxygens (including phenoxy) is 2. The van der Waals surface area contributed by atoms with E-state index in [1.165, 1.54) is 11.1 Å². The molecule has 0 saturated heterocycles. The van der Waals surface area contributed by atoms with Crippen LogP contribution in [0.1, 0.15) is 29.2 Å². The Morgan fingerprint density at radius 1 is 0.741 bits per heavy atom. The monoisotopic (exact) mass is 361 g/mol. The second-order valence-electron chi connectivity index (χ2n) is 6.54. The van der Waals surface area contributed by atoms with Crippen LogP contribution in [0, 0.1) is 6.92 Å². The predicted octanol–water partition coefficient (Wildman–Crippen LogP) is 5.26. The summed E-state index contributed by atoms with van der Waals surface area (Å²) in [6.45, 7) is 6.75. The summed E-state index contributed by atoms with van der Waals surface area (Å²) in [5.74, 6) is 1.61. The van der Waals surface area contributed by atoms with Crippen LogP contribution < -0.4 is 14.8 Å². The van der Waals surface area contributed by atoms with Gasteiger partial charge in [0.05, 0.1) is 6.61 Å². The zero-order chi connectivity index (χ0) is 18.9. The molecule has 0 amide bonds. The minimum atomic E-state index is 0.524. The molecule has 0 heterocycles. The number of benzene rings is 3. The van der Waals surface area contributed by atoms with E-state index < -0.39 is 0 Å². The van der Waals surface area contributed by atoms with E-state index in [1.54, 1.807) is 0 Å². The van der Waals surface area contributed by atoms with Gasteiger partial charge in [-0.05, 0) is 31.0 Å². The summed E-state index contributed by atoms with van der Waals surface area (Å²) in [5.41, 5.74) is 4.76. The second kappa shape index (κ2) is 9.79. The molecule has 0 aromatic heterocycles. The highest BCUT2D eigenvalue weighted by Crippen LogP contribution is 2.32. The van der Waals surface area contributed by atoms with Crippen molar-refractivity contribution in [1.29, 1.82) is 0 Å². The topological polar surface area (TPSA) is 30.5 Å². The molecule has 3 heteroatoms. The molecule has 140 valence electrons. The summed E-state index contributed by atoms with van der Waals surface area (Å²) >= 11 is 0. The van der Waals surface area contributed by atoms with Crippen LogP contribution in [0.5, 0.6) is 11.5 Å². The summed E-state index contributed by atoms with van der Waals surface area (Å²) in [5, 5.41) is 3.50. The van der Waals surface area contributed by atoms with Gasteiger partial charge >= 0.3 is 0 Å². The molecule has 0 unspecified atom stereocenters. The Bertz CT molecular complexity index is 829. The lowest BCUT2D eigenvalue weighted by Gasteiger charge is -2.16. The van der Waals surface area contributed by atoms with E-state index in [0.717, 1.165) is 35.7 Å². The molecule has 0 atom stereocenters. The molecule has 3 nitrogen and oxygen atoms in total. The SMILES string of the molecule is CCOc1cccc(CNCc2ccccc2)c1OCc1ccc(C)cc1. The highest BCUT2D eigenvalue weighted by atomic mass is 16.5. The van der Waals surface area contributed by atoms with Gasteiger partial charge in [-0.15, -0.1) is 0 Å². The maximum atomic E-state index is 6.18. The summed E-state index contributed by atoms with van der Waals surface area (Å²) < 4.78 is 12.0. The molecule has 0 fully saturated rings. The smallest absolute Gasteiger partial charge is 0.166 e. The van der Waals surface area contributed by atoms with E-state index in [4.69, 9.17) is 9.47 Å². The van der Waals surface area contributed by atoms with Crippen LogP contribution in [0.15, 0.2) is 72.8 Å². The lowest BCUT2D eigenvalue weighted by molar-refractivity contribution is 0.266. The molecule has 3 aromatic rings. The summed E-state index contributed by atoms with van der Waals surface area (Å²) in [7, 11) is 0. The maximum Gasteiger partial charge on any atom is 0.166 e. The number of aryl methyl sites for hydroxylation is 1. The first-order valence-corrected chi connectivity index (χ1v) is 9.44. The van der Waals surface area contributed by atoms with Crippen molar-refractivity contribution in [3.63, 3.8) is 0 Å². The van der Waals surface area contributed by atoms with Crippen molar-refractivity contribution in [2.45, 2.75) is 33.5 Å². The molecular formula is C24H27NO2. The standard InChI is InChI=1S/C24H27NO2/c1-3-26-23-11-7-10-22(17-25-16-20-8-5-4-6-9-20)24(23)27-18-21-14-12-19(2)13-15-21/h4-15,25H,3,16-18H2,1-2H3. The molecule has 0 spiro atoms. The maximum absolute atomic E-state index is 6.18. The highest BCUT2D eigenvalue weighted by Gasteiger charge is 2.11. The average Bonchev–Trinajstić information content (AvgIpc) is 2.70. The van der Waals surface area contributed by atoms with Crippen molar-refractivity contribution in [3.8, 4) is 11.5 Å². The highest BCUT2D eigenvalue weighted by molar-refractivity contribution is 5.47. The van der Waals surface area contributed by atoms with Gasteiger partial charge < -0.3 is 14.8 Å². The fourth-order valence-corrected chi connectivity index (χ4v) is 2.91. The molecule has 0 saturated carbocycles. The van der Waals surface area contributed by atoms with Crippen LogP contribution in [-0.4, -0.2) is 6.61 Å². The largest absolute Gasteiger partial charge is 0.490 e. The first-order valence-electron chi connectivity index (χ1n) is 9.44. The Balaban J connectivity index is 1.70. The number of hydrogen-bond acceptors (Lipinski definition) is 3. The molecule has 27 heavy (non-hydrogen) atoms. The van der Waals surface area contributed by atoms with Crippen LogP contribution in [0.3, 0.4) is 0 Å². The quantitative estimate of drug-likeness (QED) is 0.564. The van der Waals surface area contributed by atoms with E-state index in [9.17, 15) is 0 Å². The van der Waals surface area contributed by atoms with Gasteiger partial charge in [-0.3, -0.25) is 0 Å². The first kappa shape index (κ1) is 19.0. The minimum Gasteiger partial charge on any atom is -0.490 e. The van der Waals surface area contributed by atoms with Crippen molar-refractivity contribution >= 4 is 0 Å². The van der Waals surface area contributed by atoms with Crippen molar-refractivity contribution in [3.05, 3.63) is 95.1 Å². The average molecular weight is 361 g/mol. The predicted molar refractivity (Wildman–Crippen MR) is 110 cm³/mol. The van der Waals surface area contributed by atoms with Crippen LogP contribution in [0.2, 0.25) is 0 Å². The number of nitrogens with one attached hydrogen (secondary N) is 1. The number of rotatable bonds is 9. The molecule has 0 aliphatic carbocycles. The Labute approximate surface area is 162 Å². The van der Waals surface area contributed by atoms with Gasteiger partial charge in [0.15, 0.2) is 11.5 Å². The third kappa shape index (κ3) is 5.60. The van der Waals surface area contributed by atoms with Crippen molar-refractivity contribution in [1.82, 2.24) is 5.32 Å². The van der Waals surface area contributed by atoms with Crippen LogP contribution in [-0.2, 0) is 19.7 Å². The van der Waals surface area contributed by atoms with Crippen LogP contribution in [0.4, 0.5) is 0 Å². The number of hydrogen-bond donors (Lipinski definition) is 1. The zero-order valence-corrected chi connectivity index (χ0v) is 16.1. The lowest BCUT2D eigenvalue weighted by Crippen LogP contribution is -2.14. The van der Waals surface area contributed by atoms with E-state index in [0.29, 0.717) is 13.2 Å². The third-order valence-electron chi connectivity index (χ3n) is 4.35. The van der Waals surface area contributed by atoms with Crippen LogP contribution in [0.25, 0.3) is 0 Å². The summed E-state index contributed by atoms with van der Waals surface area (Å²) in [4.78, 5) is 0. The van der Waals surface area contributed by atoms with Gasteiger partial charge in [-0.1, -0.05) is 72.3 Å². The van der Waals surface area contributed by atoms with Gasteiger partial charge in [-0.2, -0.15) is 0 Å². The molecule has 0 bridgehead atoms. The molecule has 3 aromatic carbocycles. The Hall–Kier alpha value is -2.78. The van der Waals surface area contributed by atoms with E-state index in [-0.39, 0.29) is 0 Å². The fraction of sp³-hybridized carbons (Fsp3) is 0.250. The molecular weight excluding hydrogens is 334 g/mol. The molecule has 0 radical (unpaired) electrons. The van der Waals surface area contributed by atoms with E-state index >= 15 is 0 Å². The Morgan fingerprint density at radius 2 is 1.52 bits per heavy atom. The Kier molecular flexibility index (Phi) is 6.89. The lowest BCUT2D eigenvalue weighted by atomic mass is 10.1. The van der Waals surface area contributed by atoms with E-state index in [1.807, 2.05) is 25.1 Å². The second-order valence-corrected chi connectivity index (χ2v) is 6.54. The molecule has 3 rings (SSSR count). The normalized spacial score (nSPS) is 10.6. The van der Waals surface area contributed by atoms with Gasteiger partial charge in [0.25, 0.3) is 0 Å². The van der Waals surface area contributed by atoms with Crippen LogP contribution >= 0.6 is 0 Å². The first-order chi connectivity index (χ1) is 13.3. The molecule has 0 aliphatic heterocycles. The zero-order valence-electron chi connectivity index (χ0n) is 16.1. The van der Waals surface area contributed by atoms with Gasteiger partial charge in [-0.25, -0.2) is 0 Å². The van der Waals surface area contributed by atoms with Gasteiger partial charge in [0.1, 0.15) is 6.61 Å². The molecule has 1 N–H and O–H groups in total. The van der Waals surface area contributed by atoms with Crippen molar-refractivity contribution in [2.24, 2.45) is 0 Å². The Morgan fingerprint density at radius 3 is 2.26 bits per heavy atom. The summed E-state index contributed by atoms with van der Waals surface area (Å²) in [6.07, 6.45) is 0. The van der Waals surface area contributed by atoms with Crippen molar-refractivity contribution < 1.29 is 9.47 Å². The van der Waals surface area contributed by atoms with Gasteiger partial charge in [0.2, 0.25) is 0 Å². The third-order valence-corrected chi connectivity index (χ3v) is 4.35.